The molecular weight excluding hydrogens is 436 g/mol. The molecule has 2 rings (SSSR count). The summed E-state index contributed by atoms with van der Waals surface area (Å²) in [4.78, 5) is 26.9. The van der Waals surface area contributed by atoms with Gasteiger partial charge in [0, 0.05) is 30.2 Å². The summed E-state index contributed by atoms with van der Waals surface area (Å²) >= 11 is 12.3. The number of ether oxygens (including phenoxy) is 1. The first kappa shape index (κ1) is 23.6. The lowest BCUT2D eigenvalue weighted by Gasteiger charge is -2.38. The molecule has 1 heterocycles. The Kier molecular flexibility index (Phi) is 7.10. The molecule has 0 fully saturated rings. The second-order valence-corrected chi connectivity index (χ2v) is 8.39. The van der Waals surface area contributed by atoms with E-state index in [-0.39, 0.29) is 46.9 Å². The average Bonchev–Trinajstić information content (AvgIpc) is 2.62. The third-order valence-electron chi connectivity index (χ3n) is 4.17. The van der Waals surface area contributed by atoms with Crippen LogP contribution in [0.2, 0.25) is 10.0 Å². The van der Waals surface area contributed by atoms with Crippen LogP contribution in [0.1, 0.15) is 26.3 Å². The molecule has 11 heteroatoms. The van der Waals surface area contributed by atoms with Gasteiger partial charge in [0.25, 0.3) is 5.91 Å². The highest BCUT2D eigenvalue weighted by molar-refractivity contribution is 6.36. The van der Waals surface area contributed by atoms with E-state index in [0.29, 0.717) is 5.56 Å². The topological polar surface area (TPSA) is 128 Å². The molecule has 0 saturated carbocycles. The third-order valence-corrected chi connectivity index (χ3v) is 4.93. The summed E-state index contributed by atoms with van der Waals surface area (Å²) in [5.74, 6) is -1.51. The van der Waals surface area contributed by atoms with Crippen LogP contribution in [0.3, 0.4) is 0 Å². The van der Waals surface area contributed by atoms with Crippen molar-refractivity contribution in [1.29, 1.82) is 0 Å². The lowest BCUT2D eigenvalue weighted by Crippen LogP contribution is -2.48. The predicted octanol–water partition coefficient (Wildman–Crippen LogP) is 2.64. The Morgan fingerprint density at radius 3 is 2.43 bits per heavy atom. The Balaban J connectivity index is 2.49. The Morgan fingerprint density at radius 2 is 1.87 bits per heavy atom. The van der Waals surface area contributed by atoms with Crippen molar-refractivity contribution in [1.82, 2.24) is 9.80 Å². The van der Waals surface area contributed by atoms with Crippen LogP contribution in [0.4, 0.5) is 9.18 Å². The number of nitrogens with zero attached hydrogens (tertiary/aromatic N) is 2. The number of primary amides is 1. The quantitative estimate of drug-likeness (QED) is 0.468. The average molecular weight is 460 g/mol. The number of halogens is 3. The van der Waals surface area contributed by atoms with Gasteiger partial charge in [0.2, 0.25) is 0 Å². The Bertz CT molecular complexity index is 927. The molecule has 0 aliphatic carbocycles. The van der Waals surface area contributed by atoms with Crippen LogP contribution < -0.4 is 17.2 Å². The van der Waals surface area contributed by atoms with Gasteiger partial charge in [-0.3, -0.25) is 9.69 Å². The SMILES string of the molecule is CC(C)(C)OC(=O)N1CCN(Cc2c(Cl)ccc(F)c2Cl)C(/C=C(\N)C(N)=O)=C1N. The molecule has 8 nitrogen and oxygen atoms in total. The number of hydrogen-bond donors (Lipinski definition) is 3. The molecule has 6 N–H and O–H groups in total. The molecule has 0 bridgehead atoms. The second kappa shape index (κ2) is 9.01. The molecule has 0 unspecified atom stereocenters. The molecule has 30 heavy (non-hydrogen) atoms. The first-order valence-electron chi connectivity index (χ1n) is 8.96. The van der Waals surface area contributed by atoms with Crippen molar-refractivity contribution in [2.45, 2.75) is 32.9 Å². The van der Waals surface area contributed by atoms with Crippen molar-refractivity contribution in [3.8, 4) is 0 Å². The molecule has 1 aliphatic heterocycles. The normalized spacial score (nSPS) is 15.5. The Morgan fingerprint density at radius 1 is 1.23 bits per heavy atom. The molecule has 2 amide bonds. The third kappa shape index (κ3) is 5.48. The lowest BCUT2D eigenvalue weighted by atomic mass is 10.1. The van der Waals surface area contributed by atoms with Crippen molar-refractivity contribution >= 4 is 35.2 Å². The number of carbonyl (C=O) groups excluding carboxylic acids is 2. The Labute approximate surface area is 184 Å². The number of hydrogen-bond acceptors (Lipinski definition) is 6. The standard InChI is InChI=1S/C19H24Cl2FN5O3/c1-19(2,3)30-18(29)27-7-6-26(14(16(27)24)8-13(23)17(25)28)9-10-11(20)4-5-12(22)15(10)21/h4-5,8H,6-7,9,23-24H2,1-3H3,(H2,25,28)/b13-8-. The molecule has 0 aromatic heterocycles. The minimum absolute atomic E-state index is 0.0108. The van der Waals surface area contributed by atoms with E-state index in [1.54, 1.807) is 25.7 Å². The maximum Gasteiger partial charge on any atom is 0.416 e. The fraction of sp³-hybridized carbons (Fsp3) is 0.368. The summed E-state index contributed by atoms with van der Waals surface area (Å²) in [7, 11) is 0. The van der Waals surface area contributed by atoms with Crippen molar-refractivity contribution in [3.63, 3.8) is 0 Å². The maximum absolute atomic E-state index is 13.9. The Hall–Kier alpha value is -2.65. The minimum atomic E-state index is -0.869. The number of carbonyl (C=O) groups is 2. The van der Waals surface area contributed by atoms with Crippen LogP contribution in [0.25, 0.3) is 0 Å². The molecule has 0 atom stereocenters. The molecule has 0 radical (unpaired) electrons. The lowest BCUT2D eigenvalue weighted by molar-refractivity contribution is -0.114. The largest absolute Gasteiger partial charge is 0.443 e. The second-order valence-electron chi connectivity index (χ2n) is 7.61. The van der Waals surface area contributed by atoms with Crippen LogP contribution in [0.5, 0.6) is 0 Å². The van der Waals surface area contributed by atoms with E-state index < -0.39 is 23.4 Å². The van der Waals surface area contributed by atoms with E-state index in [0.717, 1.165) is 6.07 Å². The van der Waals surface area contributed by atoms with E-state index in [1.165, 1.54) is 17.0 Å². The van der Waals surface area contributed by atoms with Gasteiger partial charge in [0.05, 0.1) is 16.4 Å². The van der Waals surface area contributed by atoms with E-state index >= 15 is 0 Å². The minimum Gasteiger partial charge on any atom is -0.443 e. The fourth-order valence-corrected chi connectivity index (χ4v) is 3.21. The number of rotatable bonds is 4. The first-order chi connectivity index (χ1) is 13.8. The van der Waals surface area contributed by atoms with Crippen molar-refractivity contribution in [2.24, 2.45) is 17.2 Å². The van der Waals surface area contributed by atoms with E-state index in [4.69, 9.17) is 45.1 Å². The van der Waals surface area contributed by atoms with Gasteiger partial charge in [-0.25, -0.2) is 9.18 Å². The molecular formula is C19H24Cl2FN5O3. The van der Waals surface area contributed by atoms with Crippen molar-refractivity contribution in [3.05, 3.63) is 56.8 Å². The summed E-state index contributed by atoms with van der Waals surface area (Å²) in [6, 6.07) is 2.54. The number of nitrogens with two attached hydrogens (primary N) is 3. The van der Waals surface area contributed by atoms with Gasteiger partial charge in [0.1, 0.15) is 17.2 Å². The zero-order valence-electron chi connectivity index (χ0n) is 16.8. The maximum atomic E-state index is 13.9. The smallest absolute Gasteiger partial charge is 0.416 e. The summed E-state index contributed by atoms with van der Waals surface area (Å²) < 4.78 is 19.3. The summed E-state index contributed by atoms with van der Waals surface area (Å²) in [6.45, 7) is 5.64. The molecule has 1 aromatic carbocycles. The zero-order chi connectivity index (χ0) is 22.8. The van der Waals surface area contributed by atoms with Crippen LogP contribution >= 0.6 is 23.2 Å². The van der Waals surface area contributed by atoms with Gasteiger partial charge < -0.3 is 26.8 Å². The highest BCUT2D eigenvalue weighted by Gasteiger charge is 2.31. The fourth-order valence-electron chi connectivity index (χ4n) is 2.72. The van der Waals surface area contributed by atoms with E-state index in [1.807, 2.05) is 0 Å². The highest BCUT2D eigenvalue weighted by Crippen LogP contribution is 2.31. The molecule has 1 aliphatic rings. The zero-order valence-corrected chi connectivity index (χ0v) is 18.4. The number of allylic oxidation sites excluding steroid dienone is 1. The van der Waals surface area contributed by atoms with Gasteiger partial charge in [-0.05, 0) is 39.0 Å². The van der Waals surface area contributed by atoms with E-state index in [9.17, 15) is 14.0 Å². The number of amides is 2. The van der Waals surface area contributed by atoms with Gasteiger partial charge >= 0.3 is 6.09 Å². The molecule has 1 aromatic rings. The number of benzene rings is 1. The van der Waals surface area contributed by atoms with Gasteiger partial charge in [-0.2, -0.15) is 0 Å². The van der Waals surface area contributed by atoms with Crippen molar-refractivity contribution < 1.29 is 18.7 Å². The van der Waals surface area contributed by atoms with Crippen molar-refractivity contribution in [2.75, 3.05) is 13.1 Å². The van der Waals surface area contributed by atoms with Gasteiger partial charge in [-0.1, -0.05) is 23.2 Å². The molecule has 164 valence electrons. The van der Waals surface area contributed by atoms with Gasteiger partial charge in [-0.15, -0.1) is 0 Å². The summed E-state index contributed by atoms with van der Waals surface area (Å²) in [6.07, 6.45) is 0.583. The van der Waals surface area contributed by atoms with E-state index in [2.05, 4.69) is 0 Å². The summed E-state index contributed by atoms with van der Waals surface area (Å²) in [5, 5.41) is 0.114. The van der Waals surface area contributed by atoms with Crippen LogP contribution in [0, 0.1) is 5.82 Å². The van der Waals surface area contributed by atoms with Crippen LogP contribution in [-0.2, 0) is 16.1 Å². The highest BCUT2D eigenvalue weighted by atomic mass is 35.5. The molecule has 0 saturated heterocycles. The monoisotopic (exact) mass is 459 g/mol. The van der Waals surface area contributed by atoms with Crippen LogP contribution in [0.15, 0.2) is 35.4 Å². The first-order valence-corrected chi connectivity index (χ1v) is 9.72. The predicted molar refractivity (Wildman–Crippen MR) is 112 cm³/mol. The van der Waals surface area contributed by atoms with Gasteiger partial charge in [0.15, 0.2) is 0 Å². The summed E-state index contributed by atoms with van der Waals surface area (Å²) in [5.41, 5.74) is 16.7. The molecule has 0 spiro atoms. The van der Waals surface area contributed by atoms with Crippen LogP contribution in [-0.4, -0.2) is 40.5 Å².